The first-order valence-corrected chi connectivity index (χ1v) is 10.8. The van der Waals surface area contributed by atoms with Gasteiger partial charge in [-0.2, -0.15) is 0 Å². The van der Waals surface area contributed by atoms with E-state index < -0.39 is 0 Å². The van der Waals surface area contributed by atoms with Crippen LogP contribution >= 0.6 is 0 Å². The Bertz CT molecular complexity index is 935. The molecule has 0 saturated carbocycles. The zero-order valence-electron chi connectivity index (χ0n) is 17.4. The van der Waals surface area contributed by atoms with E-state index in [0.717, 1.165) is 51.4 Å². The van der Waals surface area contributed by atoms with Crippen LogP contribution in [0, 0.1) is 0 Å². The largest absolute Gasteiger partial charge is 0.379 e. The lowest BCUT2D eigenvalue weighted by molar-refractivity contribution is -0.132. The summed E-state index contributed by atoms with van der Waals surface area (Å²) in [6, 6.07) is 14.4. The summed E-state index contributed by atoms with van der Waals surface area (Å²) in [5.41, 5.74) is 2.30. The lowest BCUT2D eigenvalue weighted by atomic mass is 10.2. The van der Waals surface area contributed by atoms with E-state index in [0.29, 0.717) is 19.5 Å². The smallest absolute Gasteiger partial charge is 0.224 e. The molecular weight excluding hydrogens is 376 g/mol. The van der Waals surface area contributed by atoms with Gasteiger partial charge in [0.2, 0.25) is 5.91 Å². The van der Waals surface area contributed by atoms with Gasteiger partial charge in [-0.15, -0.1) is 0 Å². The van der Waals surface area contributed by atoms with Crippen molar-refractivity contribution in [2.24, 2.45) is 0 Å². The molecule has 1 saturated heterocycles. The van der Waals surface area contributed by atoms with Crippen LogP contribution < -0.4 is 0 Å². The summed E-state index contributed by atoms with van der Waals surface area (Å²) < 4.78 is 7.60. The highest BCUT2D eigenvalue weighted by atomic mass is 16.5. The van der Waals surface area contributed by atoms with Crippen LogP contribution in [0.4, 0.5) is 0 Å². The van der Waals surface area contributed by atoms with E-state index in [-0.39, 0.29) is 5.91 Å². The number of hydrogen-bond donors (Lipinski definition) is 0. The van der Waals surface area contributed by atoms with Gasteiger partial charge in [0.05, 0.1) is 13.2 Å². The topological polar surface area (TPSA) is 50.6 Å². The summed E-state index contributed by atoms with van der Waals surface area (Å²) in [7, 11) is 0. The van der Waals surface area contributed by atoms with Crippen LogP contribution in [0.3, 0.4) is 0 Å². The van der Waals surface area contributed by atoms with Crippen molar-refractivity contribution < 1.29 is 9.53 Å². The average Bonchev–Trinajstić information content (AvgIpc) is 3.21. The highest BCUT2D eigenvalue weighted by molar-refractivity contribution is 5.80. The predicted molar refractivity (Wildman–Crippen MR) is 118 cm³/mol. The molecule has 158 valence electrons. The van der Waals surface area contributed by atoms with Crippen molar-refractivity contribution in [3.63, 3.8) is 0 Å². The summed E-state index contributed by atoms with van der Waals surface area (Å²) in [6.45, 7) is 6.70. The van der Waals surface area contributed by atoms with Gasteiger partial charge in [-0.3, -0.25) is 14.7 Å². The molecule has 6 heteroatoms. The van der Waals surface area contributed by atoms with Gasteiger partial charge in [-0.1, -0.05) is 18.2 Å². The number of nitrogens with zero attached hydrogens (tertiary/aromatic N) is 4. The molecule has 1 aliphatic heterocycles. The van der Waals surface area contributed by atoms with E-state index in [9.17, 15) is 4.79 Å². The first kappa shape index (κ1) is 20.6. The number of benzene rings is 1. The van der Waals surface area contributed by atoms with Crippen molar-refractivity contribution in [1.82, 2.24) is 19.4 Å². The molecule has 4 rings (SSSR count). The summed E-state index contributed by atoms with van der Waals surface area (Å²) in [4.78, 5) is 21.6. The standard InChI is InChI=1S/C24H30N4O2/c29-24(9-15-27-14-8-22-4-1-2-5-23(22)27)28(20-21-6-10-25-11-7-21)13-3-12-26-16-18-30-19-17-26/h1-2,4-8,10-11,14H,3,9,12-13,15-20H2. The van der Waals surface area contributed by atoms with E-state index in [1.54, 1.807) is 12.4 Å². The summed E-state index contributed by atoms with van der Waals surface area (Å²) >= 11 is 0. The van der Waals surface area contributed by atoms with Crippen molar-refractivity contribution in [3.8, 4) is 0 Å². The highest BCUT2D eigenvalue weighted by Gasteiger charge is 2.16. The second-order valence-corrected chi connectivity index (χ2v) is 7.80. The predicted octanol–water partition coefficient (Wildman–Crippen LogP) is 3.18. The number of rotatable bonds is 9. The normalized spacial score (nSPS) is 14.8. The molecule has 1 amide bonds. The van der Waals surface area contributed by atoms with Crippen LogP contribution in [-0.4, -0.2) is 64.7 Å². The number of carbonyl (C=O) groups excluding carboxylic acids is 1. The number of aromatic nitrogens is 2. The third-order valence-corrected chi connectivity index (χ3v) is 5.73. The lowest BCUT2D eigenvalue weighted by Gasteiger charge is -2.28. The summed E-state index contributed by atoms with van der Waals surface area (Å²) in [5.74, 6) is 0.201. The molecule has 0 atom stereocenters. The maximum absolute atomic E-state index is 13.1. The number of morpholine rings is 1. The van der Waals surface area contributed by atoms with Crippen molar-refractivity contribution in [1.29, 1.82) is 0 Å². The fourth-order valence-electron chi connectivity index (χ4n) is 4.02. The Morgan fingerprint density at radius 1 is 1.03 bits per heavy atom. The SMILES string of the molecule is O=C(CCn1ccc2ccccc21)N(CCCN1CCOCC1)Cc1ccncc1. The quantitative estimate of drug-likeness (QED) is 0.548. The Hall–Kier alpha value is -2.70. The van der Waals surface area contributed by atoms with E-state index in [1.165, 1.54) is 10.9 Å². The minimum absolute atomic E-state index is 0.201. The third-order valence-electron chi connectivity index (χ3n) is 5.73. The molecule has 0 aliphatic carbocycles. The Labute approximate surface area is 178 Å². The Morgan fingerprint density at radius 2 is 1.83 bits per heavy atom. The monoisotopic (exact) mass is 406 g/mol. The van der Waals surface area contributed by atoms with E-state index in [4.69, 9.17) is 4.74 Å². The van der Waals surface area contributed by atoms with Gasteiger partial charge in [-0.25, -0.2) is 0 Å². The second-order valence-electron chi connectivity index (χ2n) is 7.80. The molecule has 0 bridgehead atoms. The van der Waals surface area contributed by atoms with Crippen LogP contribution in [0.15, 0.2) is 61.1 Å². The van der Waals surface area contributed by atoms with Crippen LogP contribution in [0.5, 0.6) is 0 Å². The van der Waals surface area contributed by atoms with Gasteiger partial charge in [0.25, 0.3) is 0 Å². The lowest BCUT2D eigenvalue weighted by Crippen LogP contribution is -2.39. The minimum Gasteiger partial charge on any atom is -0.379 e. The molecule has 3 heterocycles. The summed E-state index contributed by atoms with van der Waals surface area (Å²) in [6.07, 6.45) is 7.13. The fourth-order valence-corrected chi connectivity index (χ4v) is 4.02. The molecular formula is C24H30N4O2. The number of aryl methyl sites for hydroxylation is 1. The average molecular weight is 407 g/mol. The van der Waals surface area contributed by atoms with E-state index in [2.05, 4.69) is 38.8 Å². The molecule has 3 aromatic rings. The van der Waals surface area contributed by atoms with Gasteiger partial charge in [0.1, 0.15) is 0 Å². The van der Waals surface area contributed by atoms with Gasteiger partial charge in [0.15, 0.2) is 0 Å². The third kappa shape index (κ3) is 5.46. The van der Waals surface area contributed by atoms with Crippen molar-refractivity contribution in [2.45, 2.75) is 25.9 Å². The van der Waals surface area contributed by atoms with Crippen molar-refractivity contribution in [2.75, 3.05) is 39.4 Å². The molecule has 6 nitrogen and oxygen atoms in total. The van der Waals surface area contributed by atoms with Crippen molar-refractivity contribution >= 4 is 16.8 Å². The van der Waals surface area contributed by atoms with Crippen LogP contribution in [-0.2, 0) is 22.6 Å². The molecule has 30 heavy (non-hydrogen) atoms. The zero-order valence-corrected chi connectivity index (χ0v) is 17.4. The molecule has 0 radical (unpaired) electrons. The first-order chi connectivity index (χ1) is 14.8. The van der Waals surface area contributed by atoms with Gasteiger partial charge in [-0.05, 0) is 41.6 Å². The zero-order chi connectivity index (χ0) is 20.6. The van der Waals surface area contributed by atoms with Crippen LogP contribution in [0.25, 0.3) is 10.9 Å². The maximum atomic E-state index is 13.1. The number of carbonyl (C=O) groups is 1. The number of hydrogen-bond acceptors (Lipinski definition) is 4. The number of fused-ring (bicyclic) bond motifs is 1. The van der Waals surface area contributed by atoms with Crippen molar-refractivity contribution in [3.05, 3.63) is 66.6 Å². The van der Waals surface area contributed by atoms with Gasteiger partial charge < -0.3 is 14.2 Å². The van der Waals surface area contributed by atoms with Crippen LogP contribution in [0.2, 0.25) is 0 Å². The van der Waals surface area contributed by atoms with Gasteiger partial charge >= 0.3 is 0 Å². The Morgan fingerprint density at radius 3 is 2.67 bits per heavy atom. The number of para-hydroxylation sites is 1. The molecule has 0 N–H and O–H groups in total. The molecule has 1 aliphatic rings. The molecule has 0 spiro atoms. The fraction of sp³-hybridized carbons (Fsp3) is 0.417. The number of ether oxygens (including phenoxy) is 1. The molecule has 0 unspecified atom stereocenters. The Kier molecular flexibility index (Phi) is 7.11. The summed E-state index contributed by atoms with van der Waals surface area (Å²) in [5, 5.41) is 1.21. The second kappa shape index (κ2) is 10.4. The maximum Gasteiger partial charge on any atom is 0.224 e. The van der Waals surface area contributed by atoms with Crippen LogP contribution in [0.1, 0.15) is 18.4 Å². The first-order valence-electron chi connectivity index (χ1n) is 10.8. The number of amides is 1. The van der Waals surface area contributed by atoms with E-state index in [1.807, 2.05) is 29.2 Å². The highest BCUT2D eigenvalue weighted by Crippen LogP contribution is 2.16. The minimum atomic E-state index is 0.201. The van der Waals surface area contributed by atoms with Gasteiger partial charge in [0, 0.05) is 69.8 Å². The number of pyridine rings is 1. The molecule has 1 fully saturated rings. The Balaban J connectivity index is 1.36. The molecule has 1 aromatic carbocycles. The molecule has 2 aromatic heterocycles. The van der Waals surface area contributed by atoms with E-state index >= 15 is 0 Å².